The van der Waals surface area contributed by atoms with Crippen LogP contribution in [0, 0.1) is 6.42 Å². The van der Waals surface area contributed by atoms with Gasteiger partial charge < -0.3 is 5.73 Å². The lowest BCUT2D eigenvalue weighted by Crippen LogP contribution is -1.84. The van der Waals surface area contributed by atoms with Gasteiger partial charge in [-0.15, -0.1) is 0 Å². The first-order valence-electron chi connectivity index (χ1n) is 3.51. The molecule has 1 heteroatoms. The summed E-state index contributed by atoms with van der Waals surface area (Å²) in [4.78, 5) is 0. The molecule has 0 aliphatic rings. The summed E-state index contributed by atoms with van der Waals surface area (Å²) >= 11 is 0. The summed E-state index contributed by atoms with van der Waals surface area (Å²) in [7, 11) is 0. The van der Waals surface area contributed by atoms with E-state index in [1.165, 1.54) is 5.56 Å². The summed E-state index contributed by atoms with van der Waals surface area (Å²) in [6.07, 6.45) is 3.24. The smallest absolute Gasteiger partial charge is 0.0314 e. The first-order chi connectivity index (χ1) is 4.83. The molecule has 0 aliphatic heterocycles. The van der Waals surface area contributed by atoms with Crippen LogP contribution in [0.5, 0.6) is 0 Å². The van der Waals surface area contributed by atoms with Crippen molar-refractivity contribution >= 4 is 5.69 Å². The van der Waals surface area contributed by atoms with Crippen LogP contribution < -0.4 is 5.73 Å². The minimum atomic E-state index is 0.827. The zero-order valence-electron chi connectivity index (χ0n) is 6.17. The molecule has 0 amide bonds. The molecule has 0 heterocycles. The van der Waals surface area contributed by atoms with Gasteiger partial charge >= 0.3 is 0 Å². The molecule has 53 valence electrons. The van der Waals surface area contributed by atoms with E-state index in [-0.39, 0.29) is 0 Å². The fraction of sp³-hybridized carbons (Fsp3) is 0.222. The average Bonchev–Trinajstić information content (AvgIpc) is 1.95. The van der Waals surface area contributed by atoms with E-state index in [1.807, 2.05) is 24.3 Å². The maximum Gasteiger partial charge on any atom is 0.0314 e. The second-order valence-corrected chi connectivity index (χ2v) is 2.28. The van der Waals surface area contributed by atoms with Crippen molar-refractivity contribution in [3.63, 3.8) is 0 Å². The zero-order chi connectivity index (χ0) is 7.40. The molecule has 0 saturated carbocycles. The Hall–Kier alpha value is -0.980. The van der Waals surface area contributed by atoms with Crippen LogP contribution in [0.2, 0.25) is 0 Å². The molecule has 0 atom stereocenters. The molecule has 0 aliphatic carbocycles. The van der Waals surface area contributed by atoms with Crippen LogP contribution in [-0.4, -0.2) is 0 Å². The predicted molar refractivity (Wildman–Crippen MR) is 44.5 cm³/mol. The Bertz CT molecular complexity index is 188. The van der Waals surface area contributed by atoms with E-state index in [0.717, 1.165) is 12.1 Å². The van der Waals surface area contributed by atoms with Gasteiger partial charge in [0.05, 0.1) is 0 Å². The molecule has 1 rings (SSSR count). The van der Waals surface area contributed by atoms with Gasteiger partial charge in [-0.1, -0.05) is 19.1 Å². The molecule has 0 bridgehead atoms. The van der Waals surface area contributed by atoms with E-state index in [4.69, 9.17) is 5.73 Å². The number of rotatable bonds is 2. The van der Waals surface area contributed by atoms with Crippen LogP contribution in [0.4, 0.5) is 5.69 Å². The normalized spacial score (nSPS) is 9.70. The molecular formula is C9H12N. The molecule has 1 nitrogen and oxygen atoms in total. The van der Waals surface area contributed by atoms with E-state index < -0.39 is 0 Å². The molecule has 2 N–H and O–H groups in total. The number of anilines is 1. The van der Waals surface area contributed by atoms with E-state index in [9.17, 15) is 0 Å². The summed E-state index contributed by atoms with van der Waals surface area (Å²) in [5.41, 5.74) is 7.58. The van der Waals surface area contributed by atoms with E-state index in [0.29, 0.717) is 0 Å². The number of benzene rings is 1. The van der Waals surface area contributed by atoms with Gasteiger partial charge in [0, 0.05) is 5.69 Å². The molecule has 1 aromatic rings. The molecular weight excluding hydrogens is 122 g/mol. The molecule has 0 saturated heterocycles. The summed E-state index contributed by atoms with van der Waals surface area (Å²) in [6, 6.07) is 7.89. The van der Waals surface area contributed by atoms with E-state index >= 15 is 0 Å². The Balaban J connectivity index is 2.69. The summed E-state index contributed by atoms with van der Waals surface area (Å²) in [5.74, 6) is 0. The van der Waals surface area contributed by atoms with Crippen molar-refractivity contribution in [2.45, 2.75) is 13.3 Å². The Kier molecular flexibility index (Phi) is 2.32. The number of nitrogens with two attached hydrogens (primary N) is 1. The van der Waals surface area contributed by atoms with Crippen molar-refractivity contribution < 1.29 is 0 Å². The molecule has 1 radical (unpaired) electrons. The molecule has 1 aromatic carbocycles. The van der Waals surface area contributed by atoms with Crippen molar-refractivity contribution in [3.8, 4) is 0 Å². The fourth-order valence-electron chi connectivity index (χ4n) is 0.868. The first-order valence-corrected chi connectivity index (χ1v) is 3.51. The average molecular weight is 134 g/mol. The van der Waals surface area contributed by atoms with Gasteiger partial charge in [0.15, 0.2) is 0 Å². The fourth-order valence-corrected chi connectivity index (χ4v) is 0.868. The Morgan fingerprint density at radius 3 is 2.40 bits per heavy atom. The van der Waals surface area contributed by atoms with Crippen molar-refractivity contribution in [1.29, 1.82) is 0 Å². The van der Waals surface area contributed by atoms with Gasteiger partial charge in [0.25, 0.3) is 0 Å². The molecule has 10 heavy (non-hydrogen) atoms. The topological polar surface area (TPSA) is 26.0 Å². The van der Waals surface area contributed by atoms with Crippen LogP contribution in [0.3, 0.4) is 0 Å². The van der Waals surface area contributed by atoms with Gasteiger partial charge in [-0.05, 0) is 30.5 Å². The first kappa shape index (κ1) is 7.13. The van der Waals surface area contributed by atoms with Crippen molar-refractivity contribution in [2.75, 3.05) is 5.73 Å². The third kappa shape index (κ3) is 1.76. The number of nitrogen functional groups attached to an aromatic ring is 1. The third-order valence-corrected chi connectivity index (χ3v) is 1.38. The van der Waals surface area contributed by atoms with Gasteiger partial charge in [-0.2, -0.15) is 0 Å². The van der Waals surface area contributed by atoms with Crippen molar-refractivity contribution in [1.82, 2.24) is 0 Å². The lowest BCUT2D eigenvalue weighted by atomic mass is 10.1. The molecule has 0 aromatic heterocycles. The standard InChI is InChI=1S/C9H12N/c1-2-3-8-4-6-9(10)7-5-8/h3-7H,2,10H2,1H3. The second-order valence-electron chi connectivity index (χ2n) is 2.28. The zero-order valence-corrected chi connectivity index (χ0v) is 6.17. The van der Waals surface area contributed by atoms with Crippen LogP contribution in [0.25, 0.3) is 0 Å². The van der Waals surface area contributed by atoms with Crippen molar-refractivity contribution in [2.24, 2.45) is 0 Å². The number of hydrogen-bond acceptors (Lipinski definition) is 1. The predicted octanol–water partition coefficient (Wildman–Crippen LogP) is 2.23. The summed E-state index contributed by atoms with van der Waals surface area (Å²) < 4.78 is 0. The van der Waals surface area contributed by atoms with E-state index in [1.54, 1.807) is 0 Å². The summed E-state index contributed by atoms with van der Waals surface area (Å²) in [6.45, 7) is 2.12. The molecule has 0 fully saturated rings. The highest BCUT2D eigenvalue weighted by molar-refractivity contribution is 5.40. The van der Waals surface area contributed by atoms with Crippen LogP contribution in [0.1, 0.15) is 18.9 Å². The maximum absolute atomic E-state index is 5.51. The quantitative estimate of drug-likeness (QED) is 0.617. The molecule has 0 spiro atoms. The minimum absolute atomic E-state index is 0.827. The van der Waals surface area contributed by atoms with Crippen LogP contribution >= 0.6 is 0 Å². The SMILES string of the molecule is CC[CH]c1ccc(N)cc1. The van der Waals surface area contributed by atoms with Crippen LogP contribution in [-0.2, 0) is 0 Å². The third-order valence-electron chi connectivity index (χ3n) is 1.38. The van der Waals surface area contributed by atoms with Crippen molar-refractivity contribution in [3.05, 3.63) is 36.2 Å². The van der Waals surface area contributed by atoms with E-state index in [2.05, 4.69) is 13.3 Å². The highest BCUT2D eigenvalue weighted by Gasteiger charge is 1.88. The number of hydrogen-bond donors (Lipinski definition) is 1. The minimum Gasteiger partial charge on any atom is -0.399 e. The molecule has 0 unspecified atom stereocenters. The Labute approximate surface area is 61.9 Å². The monoisotopic (exact) mass is 134 g/mol. The van der Waals surface area contributed by atoms with Gasteiger partial charge in [0.1, 0.15) is 0 Å². The van der Waals surface area contributed by atoms with Crippen LogP contribution in [0.15, 0.2) is 24.3 Å². The van der Waals surface area contributed by atoms with Gasteiger partial charge in [-0.3, -0.25) is 0 Å². The maximum atomic E-state index is 5.51. The lowest BCUT2D eigenvalue weighted by Gasteiger charge is -1.96. The Morgan fingerprint density at radius 1 is 1.30 bits per heavy atom. The highest BCUT2D eigenvalue weighted by Crippen LogP contribution is 2.08. The summed E-state index contributed by atoms with van der Waals surface area (Å²) in [5, 5.41) is 0. The second kappa shape index (κ2) is 3.25. The van der Waals surface area contributed by atoms with Gasteiger partial charge in [-0.25, -0.2) is 0 Å². The van der Waals surface area contributed by atoms with Gasteiger partial charge in [0.2, 0.25) is 0 Å². The largest absolute Gasteiger partial charge is 0.399 e. The highest BCUT2D eigenvalue weighted by atomic mass is 14.5. The lowest BCUT2D eigenvalue weighted by molar-refractivity contribution is 1.12. The Morgan fingerprint density at radius 2 is 1.90 bits per heavy atom.